The molecule has 1 atom stereocenters. The lowest BCUT2D eigenvalue weighted by atomic mass is 9.98. The van der Waals surface area contributed by atoms with Crippen LogP contribution in [0.3, 0.4) is 0 Å². The summed E-state index contributed by atoms with van der Waals surface area (Å²) in [7, 11) is -1.77. The highest BCUT2D eigenvalue weighted by molar-refractivity contribution is 7.92. The second kappa shape index (κ2) is 8.02. The van der Waals surface area contributed by atoms with Gasteiger partial charge < -0.3 is 4.74 Å². The normalized spacial score (nSPS) is 16.6. The van der Waals surface area contributed by atoms with Crippen LogP contribution in [0.4, 0.5) is 5.69 Å². The van der Waals surface area contributed by atoms with E-state index in [0.717, 1.165) is 23.1 Å². The van der Waals surface area contributed by atoms with Crippen molar-refractivity contribution < 1.29 is 17.9 Å². The SMILES string of the molecule is CCC(=O)N1N=C(c2cccc(NS(C)(=O)=O)c2)CC1c1cccc(OC)c1. The molecule has 0 saturated carbocycles. The zero-order chi connectivity index (χ0) is 20.3. The predicted octanol–water partition coefficient (Wildman–Crippen LogP) is 3.15. The third-order valence-corrected chi connectivity index (χ3v) is 5.05. The van der Waals surface area contributed by atoms with E-state index in [1.165, 1.54) is 5.01 Å². The van der Waals surface area contributed by atoms with Crippen LogP contribution in [0.25, 0.3) is 0 Å². The maximum Gasteiger partial charge on any atom is 0.242 e. The number of hydrogen-bond acceptors (Lipinski definition) is 5. The van der Waals surface area contributed by atoms with E-state index in [1.807, 2.05) is 30.3 Å². The number of methoxy groups -OCH3 is 1. The molecule has 1 aliphatic rings. The van der Waals surface area contributed by atoms with E-state index in [4.69, 9.17) is 4.74 Å². The third kappa shape index (κ3) is 4.51. The first-order valence-electron chi connectivity index (χ1n) is 8.92. The van der Waals surface area contributed by atoms with E-state index in [9.17, 15) is 13.2 Å². The van der Waals surface area contributed by atoms with Crippen LogP contribution in [0.1, 0.15) is 36.9 Å². The maximum absolute atomic E-state index is 12.5. The topological polar surface area (TPSA) is 88.1 Å². The minimum absolute atomic E-state index is 0.0757. The Hall–Kier alpha value is -2.87. The molecule has 3 rings (SSSR count). The van der Waals surface area contributed by atoms with Gasteiger partial charge >= 0.3 is 0 Å². The lowest BCUT2D eigenvalue weighted by Gasteiger charge is -2.21. The monoisotopic (exact) mass is 401 g/mol. The van der Waals surface area contributed by atoms with Crippen molar-refractivity contribution in [3.05, 3.63) is 59.7 Å². The van der Waals surface area contributed by atoms with Crippen LogP contribution in [-0.2, 0) is 14.8 Å². The molecule has 0 fully saturated rings. The zero-order valence-electron chi connectivity index (χ0n) is 16.0. The molecule has 1 N–H and O–H groups in total. The molecule has 1 aliphatic heterocycles. The van der Waals surface area contributed by atoms with Gasteiger partial charge in [-0.2, -0.15) is 5.10 Å². The van der Waals surface area contributed by atoms with Gasteiger partial charge in [-0.15, -0.1) is 0 Å². The van der Waals surface area contributed by atoms with Crippen molar-refractivity contribution >= 4 is 27.3 Å². The number of hydrazone groups is 1. The van der Waals surface area contributed by atoms with Gasteiger partial charge in [0.05, 0.1) is 25.1 Å². The smallest absolute Gasteiger partial charge is 0.242 e. The molecule has 0 aromatic heterocycles. The Balaban J connectivity index is 1.94. The first-order chi connectivity index (χ1) is 13.3. The van der Waals surface area contributed by atoms with Crippen molar-refractivity contribution in [1.29, 1.82) is 0 Å². The highest BCUT2D eigenvalue weighted by Gasteiger charge is 2.32. The Labute approximate surface area is 165 Å². The second-order valence-corrected chi connectivity index (χ2v) is 8.34. The Morgan fingerprint density at radius 3 is 2.68 bits per heavy atom. The Morgan fingerprint density at radius 2 is 2.00 bits per heavy atom. The number of anilines is 1. The minimum atomic E-state index is -3.38. The van der Waals surface area contributed by atoms with Gasteiger partial charge in [-0.1, -0.05) is 31.2 Å². The lowest BCUT2D eigenvalue weighted by Crippen LogP contribution is -2.26. The zero-order valence-corrected chi connectivity index (χ0v) is 16.9. The molecule has 0 spiro atoms. The van der Waals surface area contributed by atoms with Crippen molar-refractivity contribution in [3.8, 4) is 5.75 Å². The number of rotatable bonds is 6. The van der Waals surface area contributed by atoms with Crippen LogP contribution in [0.15, 0.2) is 53.6 Å². The van der Waals surface area contributed by atoms with Crippen LogP contribution < -0.4 is 9.46 Å². The lowest BCUT2D eigenvalue weighted by molar-refractivity contribution is -0.132. The van der Waals surface area contributed by atoms with Gasteiger partial charge in [0.15, 0.2) is 0 Å². The summed E-state index contributed by atoms with van der Waals surface area (Å²) in [6, 6.07) is 14.4. The van der Waals surface area contributed by atoms with E-state index in [2.05, 4.69) is 9.82 Å². The summed E-state index contributed by atoms with van der Waals surface area (Å²) < 4.78 is 30.8. The van der Waals surface area contributed by atoms with Gasteiger partial charge in [-0.25, -0.2) is 13.4 Å². The Bertz CT molecular complexity index is 1020. The average molecular weight is 401 g/mol. The van der Waals surface area contributed by atoms with E-state index >= 15 is 0 Å². The number of ether oxygens (including phenoxy) is 1. The average Bonchev–Trinajstić information content (AvgIpc) is 3.12. The number of carbonyl (C=O) groups is 1. The number of nitrogens with zero attached hydrogens (tertiary/aromatic N) is 2. The molecule has 0 bridgehead atoms. The fraction of sp³-hybridized carbons (Fsp3) is 0.300. The molecule has 7 nitrogen and oxygen atoms in total. The fourth-order valence-electron chi connectivity index (χ4n) is 3.16. The van der Waals surface area contributed by atoms with Crippen molar-refractivity contribution in [1.82, 2.24) is 5.01 Å². The van der Waals surface area contributed by atoms with Gasteiger partial charge in [0.1, 0.15) is 5.75 Å². The molecule has 1 heterocycles. The van der Waals surface area contributed by atoms with Crippen molar-refractivity contribution in [2.24, 2.45) is 5.10 Å². The highest BCUT2D eigenvalue weighted by Crippen LogP contribution is 2.35. The van der Waals surface area contributed by atoms with Crippen LogP contribution in [-0.4, -0.2) is 38.4 Å². The molecule has 28 heavy (non-hydrogen) atoms. The quantitative estimate of drug-likeness (QED) is 0.805. The summed E-state index contributed by atoms with van der Waals surface area (Å²) >= 11 is 0. The second-order valence-electron chi connectivity index (χ2n) is 6.59. The summed E-state index contributed by atoms with van der Waals surface area (Å²) in [5, 5.41) is 6.08. The van der Waals surface area contributed by atoms with E-state index in [-0.39, 0.29) is 11.9 Å². The molecular weight excluding hydrogens is 378 g/mol. The number of sulfonamides is 1. The van der Waals surface area contributed by atoms with Gasteiger partial charge in [-0.3, -0.25) is 9.52 Å². The number of hydrogen-bond donors (Lipinski definition) is 1. The molecule has 148 valence electrons. The number of benzene rings is 2. The van der Waals surface area contributed by atoms with E-state index in [0.29, 0.717) is 24.3 Å². The minimum Gasteiger partial charge on any atom is -0.497 e. The van der Waals surface area contributed by atoms with Crippen molar-refractivity contribution in [2.75, 3.05) is 18.1 Å². The first-order valence-corrected chi connectivity index (χ1v) is 10.8. The predicted molar refractivity (Wildman–Crippen MR) is 109 cm³/mol. The summed E-state index contributed by atoms with van der Waals surface area (Å²) in [5.74, 6) is 0.641. The van der Waals surface area contributed by atoms with Crippen LogP contribution in [0, 0.1) is 0 Å². The molecule has 0 radical (unpaired) electrons. The maximum atomic E-state index is 12.5. The van der Waals surface area contributed by atoms with Crippen LogP contribution in [0.2, 0.25) is 0 Å². The summed E-state index contributed by atoms with van der Waals surface area (Å²) in [5.41, 5.74) is 2.89. The van der Waals surface area contributed by atoms with Gasteiger partial charge in [0, 0.05) is 18.5 Å². The van der Waals surface area contributed by atoms with Crippen LogP contribution in [0.5, 0.6) is 5.75 Å². The molecule has 1 amide bonds. The van der Waals surface area contributed by atoms with Gasteiger partial charge in [-0.05, 0) is 35.4 Å². The molecule has 0 saturated heterocycles. The summed E-state index contributed by atoms with van der Waals surface area (Å²) in [6.07, 6.45) is 1.97. The molecule has 0 aliphatic carbocycles. The van der Waals surface area contributed by atoms with Gasteiger partial charge in [0.25, 0.3) is 0 Å². The largest absolute Gasteiger partial charge is 0.497 e. The first kappa shape index (κ1) is 19.9. The highest BCUT2D eigenvalue weighted by atomic mass is 32.2. The van der Waals surface area contributed by atoms with E-state index < -0.39 is 10.0 Å². The van der Waals surface area contributed by atoms with Crippen molar-refractivity contribution in [2.45, 2.75) is 25.8 Å². The number of amides is 1. The third-order valence-electron chi connectivity index (χ3n) is 4.45. The van der Waals surface area contributed by atoms with E-state index in [1.54, 1.807) is 32.2 Å². The number of nitrogens with one attached hydrogen (secondary N) is 1. The van der Waals surface area contributed by atoms with Gasteiger partial charge in [0.2, 0.25) is 15.9 Å². The Kier molecular flexibility index (Phi) is 5.69. The number of carbonyl (C=O) groups excluding carboxylic acids is 1. The molecule has 2 aromatic carbocycles. The summed E-state index contributed by atoms with van der Waals surface area (Å²) in [4.78, 5) is 12.5. The van der Waals surface area contributed by atoms with Crippen molar-refractivity contribution in [3.63, 3.8) is 0 Å². The molecule has 2 aromatic rings. The molecule has 1 unspecified atom stereocenters. The standard InChI is InChI=1S/C20H23N3O4S/c1-4-20(24)23-19(15-8-6-10-17(12-15)27-2)13-18(21-23)14-7-5-9-16(11-14)22-28(3,25)26/h5-12,19,22H,4,13H2,1-3H3. The fourth-order valence-corrected chi connectivity index (χ4v) is 3.72. The Morgan fingerprint density at radius 1 is 1.25 bits per heavy atom. The molecular formula is C20H23N3O4S. The van der Waals surface area contributed by atoms with Crippen LogP contribution >= 0.6 is 0 Å². The summed E-state index contributed by atoms with van der Waals surface area (Å²) in [6.45, 7) is 1.80. The molecule has 8 heteroatoms.